The summed E-state index contributed by atoms with van der Waals surface area (Å²) in [5.74, 6) is 0. The highest BCUT2D eigenvalue weighted by molar-refractivity contribution is 7.80. The Morgan fingerprint density at radius 3 is 2.79 bits per heavy atom. The molecule has 1 saturated heterocycles. The monoisotopic (exact) mass is 279 g/mol. The molecule has 0 amide bonds. The SMILES string of the molecule is COCCNC(=S)Nc1ccccc1N1CCCC1. The molecule has 2 N–H and O–H groups in total. The Morgan fingerprint density at radius 1 is 1.32 bits per heavy atom. The van der Waals surface area contributed by atoms with Crippen molar-refractivity contribution in [1.29, 1.82) is 0 Å². The molecule has 2 rings (SSSR count). The quantitative estimate of drug-likeness (QED) is 0.638. The van der Waals surface area contributed by atoms with E-state index in [0.29, 0.717) is 18.3 Å². The van der Waals surface area contributed by atoms with Gasteiger partial charge in [-0.1, -0.05) is 12.1 Å². The lowest BCUT2D eigenvalue weighted by Gasteiger charge is -2.22. The van der Waals surface area contributed by atoms with Gasteiger partial charge < -0.3 is 20.3 Å². The molecular formula is C14H21N3OS. The van der Waals surface area contributed by atoms with Crippen LogP contribution < -0.4 is 15.5 Å². The summed E-state index contributed by atoms with van der Waals surface area (Å²) in [5.41, 5.74) is 2.30. The number of nitrogens with one attached hydrogen (secondary N) is 2. The summed E-state index contributed by atoms with van der Waals surface area (Å²) < 4.78 is 4.99. The van der Waals surface area contributed by atoms with Gasteiger partial charge in [0.1, 0.15) is 0 Å². The topological polar surface area (TPSA) is 36.5 Å². The zero-order valence-electron chi connectivity index (χ0n) is 11.3. The normalized spacial score (nSPS) is 14.5. The van der Waals surface area contributed by atoms with Gasteiger partial charge in [0.25, 0.3) is 0 Å². The predicted octanol–water partition coefficient (Wildman–Crippen LogP) is 2.22. The van der Waals surface area contributed by atoms with E-state index in [0.717, 1.165) is 18.8 Å². The highest BCUT2D eigenvalue weighted by Crippen LogP contribution is 2.28. The van der Waals surface area contributed by atoms with Gasteiger partial charge in [0.15, 0.2) is 5.11 Å². The highest BCUT2D eigenvalue weighted by atomic mass is 32.1. The maximum atomic E-state index is 5.29. The molecule has 0 radical (unpaired) electrons. The van der Waals surface area contributed by atoms with Gasteiger partial charge in [-0.2, -0.15) is 0 Å². The van der Waals surface area contributed by atoms with Gasteiger partial charge >= 0.3 is 0 Å². The number of hydrogen-bond donors (Lipinski definition) is 2. The van der Waals surface area contributed by atoms with Crippen LogP contribution in [0, 0.1) is 0 Å². The minimum absolute atomic E-state index is 0.642. The van der Waals surface area contributed by atoms with Gasteiger partial charge in [0.05, 0.1) is 18.0 Å². The Balaban J connectivity index is 1.97. The number of para-hydroxylation sites is 2. The van der Waals surface area contributed by atoms with Crippen molar-refractivity contribution in [2.24, 2.45) is 0 Å². The van der Waals surface area contributed by atoms with Crippen LogP contribution in [0.4, 0.5) is 11.4 Å². The fourth-order valence-corrected chi connectivity index (χ4v) is 2.46. The van der Waals surface area contributed by atoms with Crippen LogP contribution in [0.3, 0.4) is 0 Å². The molecule has 4 nitrogen and oxygen atoms in total. The Hall–Kier alpha value is -1.33. The smallest absolute Gasteiger partial charge is 0.170 e. The Morgan fingerprint density at radius 2 is 2.05 bits per heavy atom. The number of anilines is 2. The molecule has 1 fully saturated rings. The molecule has 0 atom stereocenters. The fraction of sp³-hybridized carbons (Fsp3) is 0.500. The third-order valence-corrected chi connectivity index (χ3v) is 3.44. The maximum absolute atomic E-state index is 5.29. The molecule has 0 aromatic heterocycles. The summed E-state index contributed by atoms with van der Waals surface area (Å²) in [6, 6.07) is 8.31. The Kier molecular flexibility index (Phi) is 5.42. The van der Waals surface area contributed by atoms with Crippen LogP contribution >= 0.6 is 12.2 Å². The van der Waals surface area contributed by atoms with E-state index in [2.05, 4.69) is 33.7 Å². The number of ether oxygens (including phenoxy) is 1. The first kappa shape index (κ1) is 14.1. The molecule has 5 heteroatoms. The molecule has 0 saturated carbocycles. The van der Waals surface area contributed by atoms with Crippen molar-refractivity contribution in [3.05, 3.63) is 24.3 Å². The van der Waals surface area contributed by atoms with Crippen LogP contribution in [0.5, 0.6) is 0 Å². The molecule has 1 aromatic carbocycles. The summed E-state index contributed by atoms with van der Waals surface area (Å²) in [5, 5.41) is 7.04. The lowest BCUT2D eigenvalue weighted by molar-refractivity contribution is 0.204. The van der Waals surface area contributed by atoms with Gasteiger partial charge in [0.2, 0.25) is 0 Å². The summed E-state index contributed by atoms with van der Waals surface area (Å²) in [6.45, 7) is 3.62. The van der Waals surface area contributed by atoms with Gasteiger partial charge in [-0.05, 0) is 37.2 Å². The first-order valence-electron chi connectivity index (χ1n) is 6.69. The first-order chi connectivity index (χ1) is 9.31. The number of methoxy groups -OCH3 is 1. The van der Waals surface area contributed by atoms with E-state index in [9.17, 15) is 0 Å². The van der Waals surface area contributed by atoms with Gasteiger partial charge in [-0.25, -0.2) is 0 Å². The molecule has 0 bridgehead atoms. The molecule has 0 aliphatic carbocycles. The number of nitrogens with zero attached hydrogens (tertiary/aromatic N) is 1. The van der Waals surface area contributed by atoms with E-state index in [1.807, 2.05) is 6.07 Å². The number of thiocarbonyl (C=S) groups is 1. The summed E-state index contributed by atoms with van der Waals surface area (Å²) in [7, 11) is 1.68. The van der Waals surface area contributed by atoms with Crippen LogP contribution in [0.15, 0.2) is 24.3 Å². The number of benzene rings is 1. The minimum atomic E-state index is 0.642. The molecule has 19 heavy (non-hydrogen) atoms. The van der Waals surface area contributed by atoms with Crippen molar-refractivity contribution in [1.82, 2.24) is 5.32 Å². The zero-order chi connectivity index (χ0) is 13.5. The average molecular weight is 279 g/mol. The molecule has 1 heterocycles. The van der Waals surface area contributed by atoms with E-state index in [1.54, 1.807) is 7.11 Å². The molecule has 1 aliphatic rings. The van der Waals surface area contributed by atoms with Crippen molar-refractivity contribution in [3.8, 4) is 0 Å². The summed E-state index contributed by atoms with van der Waals surface area (Å²) in [4.78, 5) is 2.40. The molecule has 104 valence electrons. The second-order valence-corrected chi connectivity index (χ2v) is 4.99. The highest BCUT2D eigenvalue weighted by Gasteiger charge is 2.15. The van der Waals surface area contributed by atoms with Crippen molar-refractivity contribution in [2.45, 2.75) is 12.8 Å². The van der Waals surface area contributed by atoms with E-state index in [4.69, 9.17) is 17.0 Å². The molecule has 0 spiro atoms. The van der Waals surface area contributed by atoms with Crippen LogP contribution in [-0.4, -0.2) is 38.5 Å². The zero-order valence-corrected chi connectivity index (χ0v) is 12.1. The van der Waals surface area contributed by atoms with Crippen molar-refractivity contribution >= 4 is 28.7 Å². The fourth-order valence-electron chi connectivity index (χ4n) is 2.25. The van der Waals surface area contributed by atoms with E-state index in [1.165, 1.54) is 18.5 Å². The van der Waals surface area contributed by atoms with Gasteiger partial charge in [-0.3, -0.25) is 0 Å². The van der Waals surface area contributed by atoms with E-state index in [-0.39, 0.29) is 0 Å². The third-order valence-electron chi connectivity index (χ3n) is 3.19. The standard InChI is InChI=1S/C14H21N3OS/c1-18-11-8-15-14(19)16-12-6-2-3-7-13(12)17-9-4-5-10-17/h2-3,6-7H,4-5,8-11H2,1H3,(H2,15,16,19). The molecule has 1 aliphatic heterocycles. The van der Waals surface area contributed by atoms with Crippen LogP contribution in [0.25, 0.3) is 0 Å². The predicted molar refractivity (Wildman–Crippen MR) is 84.0 cm³/mol. The summed E-state index contributed by atoms with van der Waals surface area (Å²) >= 11 is 5.29. The minimum Gasteiger partial charge on any atom is -0.383 e. The van der Waals surface area contributed by atoms with Crippen molar-refractivity contribution in [2.75, 3.05) is 43.6 Å². The maximum Gasteiger partial charge on any atom is 0.170 e. The number of hydrogen-bond acceptors (Lipinski definition) is 3. The second-order valence-electron chi connectivity index (χ2n) is 4.59. The summed E-state index contributed by atoms with van der Waals surface area (Å²) in [6.07, 6.45) is 2.54. The van der Waals surface area contributed by atoms with Crippen LogP contribution in [0.2, 0.25) is 0 Å². The van der Waals surface area contributed by atoms with Crippen LogP contribution in [0.1, 0.15) is 12.8 Å². The van der Waals surface area contributed by atoms with E-state index < -0.39 is 0 Å². The van der Waals surface area contributed by atoms with Gasteiger partial charge in [-0.15, -0.1) is 0 Å². The van der Waals surface area contributed by atoms with Crippen molar-refractivity contribution in [3.63, 3.8) is 0 Å². The Bertz CT molecular complexity index is 419. The van der Waals surface area contributed by atoms with E-state index >= 15 is 0 Å². The molecular weight excluding hydrogens is 258 g/mol. The Labute approximate surface area is 120 Å². The second kappa shape index (κ2) is 7.31. The first-order valence-corrected chi connectivity index (χ1v) is 7.10. The van der Waals surface area contributed by atoms with Crippen molar-refractivity contribution < 1.29 is 4.74 Å². The molecule has 0 unspecified atom stereocenters. The number of rotatable bonds is 5. The largest absolute Gasteiger partial charge is 0.383 e. The van der Waals surface area contributed by atoms with Crippen LogP contribution in [-0.2, 0) is 4.74 Å². The lowest BCUT2D eigenvalue weighted by atomic mass is 10.2. The lowest BCUT2D eigenvalue weighted by Crippen LogP contribution is -2.32. The van der Waals surface area contributed by atoms with Gasteiger partial charge in [0, 0.05) is 26.7 Å². The third kappa shape index (κ3) is 4.08. The average Bonchev–Trinajstić information content (AvgIpc) is 2.93. The molecule has 1 aromatic rings.